The maximum atomic E-state index is 6.17. The van der Waals surface area contributed by atoms with E-state index in [1.54, 1.807) is 6.20 Å². The minimum Gasteiger partial charge on any atom is -0.377 e. The van der Waals surface area contributed by atoms with Crippen molar-refractivity contribution in [3.63, 3.8) is 0 Å². The van der Waals surface area contributed by atoms with Crippen molar-refractivity contribution in [2.75, 3.05) is 5.32 Å². The quantitative estimate of drug-likeness (QED) is 0.795. The van der Waals surface area contributed by atoms with Crippen molar-refractivity contribution < 1.29 is 0 Å². The number of rotatable bonds is 4. The zero-order valence-electron chi connectivity index (χ0n) is 11.2. The fourth-order valence-corrected chi connectivity index (χ4v) is 2.48. The van der Waals surface area contributed by atoms with Crippen molar-refractivity contribution in [1.29, 1.82) is 0 Å². The van der Waals surface area contributed by atoms with Crippen molar-refractivity contribution in [3.8, 4) is 0 Å². The zero-order valence-corrected chi connectivity index (χ0v) is 11.9. The number of aromatic nitrogens is 3. The molecule has 0 aliphatic heterocycles. The summed E-state index contributed by atoms with van der Waals surface area (Å²) >= 11 is 6.17. The number of nitrogens with one attached hydrogen (secondary N) is 1. The van der Waals surface area contributed by atoms with Gasteiger partial charge < -0.3 is 9.88 Å². The molecule has 0 saturated carbocycles. The Labute approximate surface area is 122 Å². The first-order chi connectivity index (χ1) is 9.79. The highest BCUT2D eigenvalue weighted by molar-refractivity contribution is 6.35. The molecule has 102 valence electrons. The summed E-state index contributed by atoms with van der Waals surface area (Å²) < 4.78 is 2.11. The molecule has 1 N–H and O–H groups in total. The van der Waals surface area contributed by atoms with Crippen molar-refractivity contribution >= 4 is 28.2 Å². The van der Waals surface area contributed by atoms with E-state index in [1.807, 2.05) is 36.7 Å². The van der Waals surface area contributed by atoms with E-state index >= 15 is 0 Å². The third-order valence-electron chi connectivity index (χ3n) is 3.30. The number of benzene rings is 1. The summed E-state index contributed by atoms with van der Waals surface area (Å²) in [5.74, 6) is 1.01. The smallest absolute Gasteiger partial charge is 0.128 e. The Morgan fingerprint density at radius 2 is 2.10 bits per heavy atom. The number of pyridine rings is 1. The van der Waals surface area contributed by atoms with Gasteiger partial charge in [-0.05, 0) is 31.2 Å². The number of imidazole rings is 1. The van der Waals surface area contributed by atoms with E-state index < -0.39 is 0 Å². The van der Waals surface area contributed by atoms with Gasteiger partial charge in [0.1, 0.15) is 5.82 Å². The summed E-state index contributed by atoms with van der Waals surface area (Å²) in [4.78, 5) is 8.69. The Hall–Kier alpha value is -2.07. The van der Waals surface area contributed by atoms with Crippen LogP contribution in [-0.2, 0) is 13.1 Å². The van der Waals surface area contributed by atoms with Crippen LogP contribution in [0.5, 0.6) is 0 Å². The summed E-state index contributed by atoms with van der Waals surface area (Å²) in [7, 11) is 0. The van der Waals surface area contributed by atoms with Gasteiger partial charge in [0.05, 0.1) is 17.1 Å². The van der Waals surface area contributed by atoms with Crippen LogP contribution in [0.2, 0.25) is 5.02 Å². The average Bonchev–Trinajstić information content (AvgIpc) is 2.94. The Kier molecular flexibility index (Phi) is 3.56. The number of halogens is 1. The largest absolute Gasteiger partial charge is 0.377 e. The van der Waals surface area contributed by atoms with E-state index in [-0.39, 0.29) is 0 Å². The minimum absolute atomic E-state index is 0.668. The van der Waals surface area contributed by atoms with E-state index in [1.165, 1.54) is 0 Å². The highest BCUT2D eigenvalue weighted by atomic mass is 35.5. The van der Waals surface area contributed by atoms with E-state index in [2.05, 4.69) is 26.8 Å². The molecule has 0 amide bonds. The number of aryl methyl sites for hydroxylation is 1. The molecule has 0 unspecified atom stereocenters. The molecule has 3 rings (SSSR count). The zero-order chi connectivity index (χ0) is 13.9. The molecule has 5 heteroatoms. The SMILES string of the molecule is CCn1ccnc1CNc1ccc(Cl)c2ncccc12. The molecule has 0 aliphatic carbocycles. The van der Waals surface area contributed by atoms with Crippen LogP contribution < -0.4 is 5.32 Å². The number of fused-ring (bicyclic) bond motifs is 1. The third kappa shape index (κ3) is 2.34. The number of hydrogen-bond acceptors (Lipinski definition) is 3. The number of hydrogen-bond donors (Lipinski definition) is 1. The Morgan fingerprint density at radius 3 is 2.95 bits per heavy atom. The second-order valence-corrected chi connectivity index (χ2v) is 4.88. The van der Waals surface area contributed by atoms with Crippen LogP contribution in [0.1, 0.15) is 12.7 Å². The van der Waals surface area contributed by atoms with Crippen LogP contribution in [0, 0.1) is 0 Å². The first-order valence-corrected chi connectivity index (χ1v) is 6.94. The van der Waals surface area contributed by atoms with E-state index in [0.717, 1.165) is 29.0 Å². The summed E-state index contributed by atoms with van der Waals surface area (Å²) in [6, 6.07) is 7.77. The highest BCUT2D eigenvalue weighted by Crippen LogP contribution is 2.28. The van der Waals surface area contributed by atoms with Gasteiger partial charge >= 0.3 is 0 Å². The van der Waals surface area contributed by atoms with Crippen LogP contribution in [0.4, 0.5) is 5.69 Å². The molecule has 2 aromatic heterocycles. The second-order valence-electron chi connectivity index (χ2n) is 4.48. The molecule has 0 fully saturated rings. The molecular formula is C15H15ClN4. The predicted molar refractivity (Wildman–Crippen MR) is 82.0 cm³/mol. The van der Waals surface area contributed by atoms with Crippen LogP contribution in [0.25, 0.3) is 10.9 Å². The summed E-state index contributed by atoms with van der Waals surface area (Å²) in [5.41, 5.74) is 1.83. The topological polar surface area (TPSA) is 42.7 Å². The van der Waals surface area contributed by atoms with Gasteiger partial charge in [0.15, 0.2) is 0 Å². The van der Waals surface area contributed by atoms with E-state index in [9.17, 15) is 0 Å². The standard InChI is InChI=1S/C15H15ClN4/c1-2-20-9-8-17-14(20)10-19-13-6-5-12(16)15-11(13)4-3-7-18-15/h3-9,19H,2,10H2,1H3. The first-order valence-electron chi connectivity index (χ1n) is 6.56. The molecule has 0 bridgehead atoms. The number of nitrogens with zero attached hydrogens (tertiary/aromatic N) is 3. The van der Waals surface area contributed by atoms with Crippen molar-refractivity contribution in [3.05, 3.63) is 53.7 Å². The second kappa shape index (κ2) is 5.51. The highest BCUT2D eigenvalue weighted by Gasteiger charge is 2.06. The Morgan fingerprint density at radius 1 is 1.20 bits per heavy atom. The summed E-state index contributed by atoms with van der Waals surface area (Å²) in [6.07, 6.45) is 5.56. The van der Waals surface area contributed by atoms with Crippen LogP contribution in [0.3, 0.4) is 0 Å². The molecule has 0 aliphatic rings. The maximum Gasteiger partial charge on any atom is 0.128 e. The van der Waals surface area contributed by atoms with Gasteiger partial charge in [-0.2, -0.15) is 0 Å². The fraction of sp³-hybridized carbons (Fsp3) is 0.200. The molecule has 0 radical (unpaired) electrons. The lowest BCUT2D eigenvalue weighted by atomic mass is 10.2. The lowest BCUT2D eigenvalue weighted by molar-refractivity contribution is 0.708. The predicted octanol–water partition coefficient (Wildman–Crippen LogP) is 3.72. The molecule has 1 aromatic carbocycles. The van der Waals surface area contributed by atoms with Crippen molar-refractivity contribution in [2.24, 2.45) is 0 Å². The van der Waals surface area contributed by atoms with Gasteiger partial charge in [-0.25, -0.2) is 4.98 Å². The van der Waals surface area contributed by atoms with Crippen LogP contribution in [-0.4, -0.2) is 14.5 Å². The van der Waals surface area contributed by atoms with Gasteiger partial charge in [-0.15, -0.1) is 0 Å². The molecular weight excluding hydrogens is 272 g/mol. The lowest BCUT2D eigenvalue weighted by Gasteiger charge is -2.11. The molecule has 3 aromatic rings. The van der Waals surface area contributed by atoms with Gasteiger partial charge in [0, 0.05) is 36.2 Å². The first kappa shape index (κ1) is 12.9. The molecule has 20 heavy (non-hydrogen) atoms. The van der Waals surface area contributed by atoms with Gasteiger partial charge in [-0.1, -0.05) is 11.6 Å². The number of anilines is 1. The normalized spacial score (nSPS) is 10.9. The Balaban J connectivity index is 1.90. The van der Waals surface area contributed by atoms with E-state index in [0.29, 0.717) is 11.6 Å². The summed E-state index contributed by atoms with van der Waals surface area (Å²) in [5, 5.41) is 5.10. The molecule has 0 spiro atoms. The molecule has 0 saturated heterocycles. The summed E-state index contributed by atoms with van der Waals surface area (Å²) in [6.45, 7) is 3.69. The van der Waals surface area contributed by atoms with Crippen molar-refractivity contribution in [1.82, 2.24) is 14.5 Å². The maximum absolute atomic E-state index is 6.17. The molecule has 2 heterocycles. The molecule has 4 nitrogen and oxygen atoms in total. The van der Waals surface area contributed by atoms with Gasteiger partial charge in [0.25, 0.3) is 0 Å². The van der Waals surface area contributed by atoms with Gasteiger partial charge in [-0.3, -0.25) is 4.98 Å². The Bertz CT molecular complexity index is 736. The van der Waals surface area contributed by atoms with Gasteiger partial charge in [0.2, 0.25) is 0 Å². The monoisotopic (exact) mass is 286 g/mol. The minimum atomic E-state index is 0.668. The van der Waals surface area contributed by atoms with E-state index in [4.69, 9.17) is 11.6 Å². The average molecular weight is 287 g/mol. The fourth-order valence-electron chi connectivity index (χ4n) is 2.26. The lowest BCUT2D eigenvalue weighted by Crippen LogP contribution is -2.07. The van der Waals surface area contributed by atoms with Crippen LogP contribution in [0.15, 0.2) is 42.9 Å². The molecule has 0 atom stereocenters. The van der Waals surface area contributed by atoms with Crippen molar-refractivity contribution in [2.45, 2.75) is 20.0 Å². The third-order valence-corrected chi connectivity index (χ3v) is 3.60. The van der Waals surface area contributed by atoms with Crippen LogP contribution >= 0.6 is 11.6 Å².